The molecule has 1 saturated heterocycles. The number of carbonyl (C=O) groups is 2. The molecule has 1 N–H and O–H groups in total. The Hall–Kier alpha value is -1.72. The molecule has 1 aromatic rings. The lowest BCUT2D eigenvalue weighted by Crippen LogP contribution is -2.41. The maximum absolute atomic E-state index is 12.3. The molecule has 0 aromatic heterocycles. The molecule has 2 fully saturated rings. The molecule has 1 aliphatic carbocycles. The minimum atomic E-state index is -0.220. The summed E-state index contributed by atoms with van der Waals surface area (Å²) < 4.78 is 0. The van der Waals surface area contributed by atoms with Gasteiger partial charge in [-0.1, -0.05) is 12.1 Å². The molecule has 5 heteroatoms. The van der Waals surface area contributed by atoms with Crippen molar-refractivity contribution in [1.82, 2.24) is 9.80 Å². The Morgan fingerprint density at radius 3 is 2.33 bits per heavy atom. The van der Waals surface area contributed by atoms with Crippen molar-refractivity contribution in [3.8, 4) is 0 Å². The number of benzene rings is 1. The summed E-state index contributed by atoms with van der Waals surface area (Å²) in [6, 6.07) is 6.98. The van der Waals surface area contributed by atoms with Crippen LogP contribution in [0, 0.1) is 11.8 Å². The van der Waals surface area contributed by atoms with E-state index < -0.39 is 0 Å². The highest BCUT2D eigenvalue weighted by Gasteiger charge is 2.44. The van der Waals surface area contributed by atoms with Gasteiger partial charge in [0.2, 0.25) is 0 Å². The smallest absolute Gasteiger partial charge is 0.262 e. The fourth-order valence-electron chi connectivity index (χ4n) is 4.01. The van der Waals surface area contributed by atoms with Gasteiger partial charge in [-0.15, -0.1) is 0 Å². The average Bonchev–Trinajstić information content (AvgIpc) is 3.11. The Morgan fingerprint density at radius 1 is 1.05 bits per heavy atom. The Balaban J connectivity index is 1.50. The highest BCUT2D eigenvalue weighted by molar-refractivity contribution is 6.21. The highest BCUT2D eigenvalue weighted by Crippen LogP contribution is 2.38. The summed E-state index contributed by atoms with van der Waals surface area (Å²) in [5.41, 5.74) is 1.00. The molecule has 110 valence electrons. The summed E-state index contributed by atoms with van der Waals surface area (Å²) in [4.78, 5) is 28.1. The molecule has 1 aromatic carbocycles. The zero-order chi connectivity index (χ0) is 14.6. The first-order valence-electron chi connectivity index (χ1n) is 7.51. The number of hydrogen-bond acceptors (Lipinski definition) is 4. The van der Waals surface area contributed by atoms with E-state index in [1.165, 1.54) is 4.90 Å². The third-order valence-corrected chi connectivity index (χ3v) is 5.11. The van der Waals surface area contributed by atoms with Crippen LogP contribution >= 0.6 is 0 Å². The molecule has 2 heterocycles. The van der Waals surface area contributed by atoms with E-state index in [0.29, 0.717) is 29.6 Å². The van der Waals surface area contributed by atoms with E-state index in [-0.39, 0.29) is 17.9 Å². The van der Waals surface area contributed by atoms with Crippen molar-refractivity contribution in [2.24, 2.45) is 11.8 Å². The number of aliphatic hydroxyl groups is 1. The Bertz CT molecular complexity index is 580. The molecular weight excluding hydrogens is 268 g/mol. The maximum Gasteiger partial charge on any atom is 0.262 e. The first-order chi connectivity index (χ1) is 10.1. The number of amides is 2. The van der Waals surface area contributed by atoms with Crippen LogP contribution in [0.3, 0.4) is 0 Å². The summed E-state index contributed by atoms with van der Waals surface area (Å²) >= 11 is 0. The lowest BCUT2D eigenvalue weighted by Gasteiger charge is -2.23. The molecule has 3 unspecified atom stereocenters. The zero-order valence-electron chi connectivity index (χ0n) is 11.7. The van der Waals surface area contributed by atoms with Crippen LogP contribution in [0.4, 0.5) is 0 Å². The van der Waals surface area contributed by atoms with Gasteiger partial charge in [-0.25, -0.2) is 0 Å². The molecule has 0 spiro atoms. The van der Waals surface area contributed by atoms with Gasteiger partial charge in [-0.2, -0.15) is 0 Å². The minimum absolute atomic E-state index is 0.201. The monoisotopic (exact) mass is 286 g/mol. The van der Waals surface area contributed by atoms with Gasteiger partial charge in [-0.05, 0) is 30.9 Å². The van der Waals surface area contributed by atoms with Crippen LogP contribution < -0.4 is 0 Å². The van der Waals surface area contributed by atoms with Crippen molar-refractivity contribution in [3.63, 3.8) is 0 Å². The molecule has 0 bridgehead atoms. The Labute approximate surface area is 123 Å². The van der Waals surface area contributed by atoms with Gasteiger partial charge in [0.1, 0.15) is 0 Å². The fraction of sp³-hybridized carbons (Fsp3) is 0.500. The maximum atomic E-state index is 12.3. The summed E-state index contributed by atoms with van der Waals surface area (Å²) in [5, 5.41) is 9.95. The Kier molecular flexibility index (Phi) is 2.87. The third kappa shape index (κ3) is 1.92. The second-order valence-electron chi connectivity index (χ2n) is 6.33. The molecule has 1 saturated carbocycles. The topological polar surface area (TPSA) is 60.9 Å². The largest absolute Gasteiger partial charge is 0.393 e. The number of carbonyl (C=O) groups excluding carboxylic acids is 2. The molecule has 3 aliphatic rings. The second-order valence-corrected chi connectivity index (χ2v) is 6.33. The van der Waals surface area contributed by atoms with Gasteiger partial charge in [0.05, 0.1) is 23.9 Å². The Morgan fingerprint density at radius 2 is 1.71 bits per heavy atom. The van der Waals surface area contributed by atoms with Crippen LogP contribution in [0.2, 0.25) is 0 Å². The van der Waals surface area contributed by atoms with Crippen molar-refractivity contribution in [2.75, 3.05) is 19.8 Å². The molecule has 5 nitrogen and oxygen atoms in total. The first-order valence-corrected chi connectivity index (χ1v) is 7.51. The van der Waals surface area contributed by atoms with Crippen LogP contribution in [0.25, 0.3) is 0 Å². The lowest BCUT2D eigenvalue weighted by molar-refractivity contribution is 0.0544. The first kappa shape index (κ1) is 13.0. The molecule has 2 aliphatic heterocycles. The van der Waals surface area contributed by atoms with Crippen LogP contribution in [-0.2, 0) is 0 Å². The van der Waals surface area contributed by atoms with Crippen LogP contribution in [-0.4, -0.2) is 52.6 Å². The zero-order valence-corrected chi connectivity index (χ0v) is 11.7. The van der Waals surface area contributed by atoms with Crippen molar-refractivity contribution in [1.29, 1.82) is 0 Å². The number of nitrogens with zero attached hydrogens (tertiary/aromatic N) is 2. The highest BCUT2D eigenvalue weighted by atomic mass is 16.3. The predicted octanol–water partition coefficient (Wildman–Crippen LogP) is 0.943. The number of aliphatic hydroxyl groups excluding tert-OH is 1. The van der Waals surface area contributed by atoms with Crippen LogP contribution in [0.1, 0.15) is 33.6 Å². The number of fused-ring (bicyclic) bond motifs is 2. The van der Waals surface area contributed by atoms with E-state index >= 15 is 0 Å². The SMILES string of the molecule is O=C1c2ccccc2C(=O)N1CN1CC2CCC(O)C2C1. The van der Waals surface area contributed by atoms with Crippen molar-refractivity contribution < 1.29 is 14.7 Å². The molecule has 2 amide bonds. The number of hydrogen-bond donors (Lipinski definition) is 1. The number of imide groups is 1. The van der Waals surface area contributed by atoms with Gasteiger partial charge in [0, 0.05) is 19.0 Å². The van der Waals surface area contributed by atoms with E-state index in [0.717, 1.165) is 25.9 Å². The van der Waals surface area contributed by atoms with E-state index in [4.69, 9.17) is 0 Å². The normalized spacial score (nSPS) is 31.9. The molecule has 4 rings (SSSR count). The number of likely N-dealkylation sites (tertiary alicyclic amines) is 1. The van der Waals surface area contributed by atoms with Gasteiger partial charge in [-0.3, -0.25) is 19.4 Å². The van der Waals surface area contributed by atoms with E-state index in [1.54, 1.807) is 24.3 Å². The fourth-order valence-corrected chi connectivity index (χ4v) is 4.01. The van der Waals surface area contributed by atoms with E-state index in [2.05, 4.69) is 4.90 Å². The van der Waals surface area contributed by atoms with E-state index in [1.807, 2.05) is 0 Å². The van der Waals surface area contributed by atoms with Crippen molar-refractivity contribution >= 4 is 11.8 Å². The quantitative estimate of drug-likeness (QED) is 0.822. The molecular formula is C16H18N2O3. The van der Waals surface area contributed by atoms with Crippen LogP contribution in [0.5, 0.6) is 0 Å². The molecule has 3 atom stereocenters. The molecule has 0 radical (unpaired) electrons. The standard InChI is InChI=1S/C16H18N2O3/c19-14-6-5-10-7-17(8-13(10)14)9-18-15(20)11-3-1-2-4-12(11)16(18)21/h1-4,10,13-14,19H,5-9H2. The van der Waals surface area contributed by atoms with Gasteiger partial charge in [0.15, 0.2) is 0 Å². The summed E-state index contributed by atoms with van der Waals surface area (Å²) in [6.45, 7) is 1.99. The van der Waals surface area contributed by atoms with Crippen LogP contribution in [0.15, 0.2) is 24.3 Å². The number of rotatable bonds is 2. The van der Waals surface area contributed by atoms with Crippen molar-refractivity contribution in [2.45, 2.75) is 18.9 Å². The van der Waals surface area contributed by atoms with Gasteiger partial charge >= 0.3 is 0 Å². The van der Waals surface area contributed by atoms with Crippen molar-refractivity contribution in [3.05, 3.63) is 35.4 Å². The van der Waals surface area contributed by atoms with Gasteiger partial charge in [0.25, 0.3) is 11.8 Å². The summed E-state index contributed by atoms with van der Waals surface area (Å²) in [6.07, 6.45) is 1.71. The summed E-state index contributed by atoms with van der Waals surface area (Å²) in [7, 11) is 0. The van der Waals surface area contributed by atoms with Gasteiger partial charge < -0.3 is 5.11 Å². The lowest BCUT2D eigenvalue weighted by atomic mass is 10.00. The third-order valence-electron chi connectivity index (χ3n) is 5.11. The minimum Gasteiger partial charge on any atom is -0.393 e. The molecule has 21 heavy (non-hydrogen) atoms. The second kappa shape index (κ2) is 4.64. The predicted molar refractivity (Wildman–Crippen MR) is 75.6 cm³/mol. The average molecular weight is 286 g/mol. The summed E-state index contributed by atoms with van der Waals surface area (Å²) in [5.74, 6) is 0.414. The van der Waals surface area contributed by atoms with E-state index in [9.17, 15) is 14.7 Å².